The summed E-state index contributed by atoms with van der Waals surface area (Å²) >= 11 is 0. The number of hydrogen-bond acceptors (Lipinski definition) is 1. The number of unbranched alkanes of at least 4 members (excludes halogenated alkanes) is 2. The summed E-state index contributed by atoms with van der Waals surface area (Å²) in [6.45, 7) is 6.29. The number of benzene rings is 2. The van der Waals surface area contributed by atoms with Gasteiger partial charge in [-0.15, -0.1) is 0 Å². The van der Waals surface area contributed by atoms with Gasteiger partial charge in [0.25, 0.3) is 0 Å². The van der Waals surface area contributed by atoms with Crippen LogP contribution >= 0.6 is 0 Å². The standard InChI is InChI=1S/C46H66O/c1-3-5-7-35-9-17-39(18-10-35)43-25-29-45(30-26-43)41-21-13-37(14-22-41)33-47-34-38-15-23-42(24-16-38)46-31-27-44(28-32-46)40-19-11-36(12-20-40)8-6-4-2/h9-13,15,17-20,41-46H,3-8,14,16,21-34H2,1-2H3. The summed E-state index contributed by atoms with van der Waals surface area (Å²) in [7, 11) is 0. The van der Waals surface area contributed by atoms with E-state index >= 15 is 0 Å². The van der Waals surface area contributed by atoms with Crippen LogP contribution in [-0.4, -0.2) is 13.2 Å². The Hall–Kier alpha value is -2.12. The van der Waals surface area contributed by atoms with E-state index < -0.39 is 0 Å². The lowest BCUT2D eigenvalue weighted by molar-refractivity contribution is 0.160. The molecule has 1 nitrogen and oxygen atoms in total. The molecule has 2 unspecified atom stereocenters. The molecule has 0 saturated heterocycles. The van der Waals surface area contributed by atoms with Crippen LogP contribution in [0.15, 0.2) is 71.8 Å². The molecular formula is C46H66O. The molecule has 2 atom stereocenters. The average molecular weight is 635 g/mol. The molecule has 0 aliphatic heterocycles. The molecule has 2 aromatic rings. The van der Waals surface area contributed by atoms with Crippen molar-refractivity contribution in [1.82, 2.24) is 0 Å². The third kappa shape index (κ3) is 9.97. The molecule has 0 amide bonds. The van der Waals surface area contributed by atoms with Crippen LogP contribution in [-0.2, 0) is 17.6 Å². The first kappa shape index (κ1) is 34.7. The topological polar surface area (TPSA) is 9.23 Å². The Balaban J connectivity index is 0.850. The third-order valence-electron chi connectivity index (χ3n) is 13.1. The Bertz CT molecular complexity index is 1150. The molecule has 0 spiro atoms. The van der Waals surface area contributed by atoms with Crippen LogP contribution in [0.25, 0.3) is 0 Å². The van der Waals surface area contributed by atoms with Crippen molar-refractivity contribution >= 4 is 0 Å². The largest absolute Gasteiger partial charge is 0.373 e. The maximum atomic E-state index is 6.32. The number of ether oxygens (including phenoxy) is 1. The number of allylic oxidation sites excluding steroid dienone is 2. The van der Waals surface area contributed by atoms with Gasteiger partial charge in [0.15, 0.2) is 0 Å². The summed E-state index contributed by atoms with van der Waals surface area (Å²) in [5, 5.41) is 0. The molecule has 0 aromatic heterocycles. The Labute approximate surface area is 289 Å². The highest BCUT2D eigenvalue weighted by atomic mass is 16.5. The first-order valence-electron chi connectivity index (χ1n) is 20.3. The predicted molar refractivity (Wildman–Crippen MR) is 201 cm³/mol. The van der Waals surface area contributed by atoms with Crippen molar-refractivity contribution in [3.63, 3.8) is 0 Å². The summed E-state index contributed by atoms with van der Waals surface area (Å²) in [5.74, 6) is 5.26. The van der Waals surface area contributed by atoms with E-state index in [0.717, 1.165) is 48.7 Å². The van der Waals surface area contributed by atoms with Gasteiger partial charge in [0, 0.05) is 0 Å². The van der Waals surface area contributed by atoms with E-state index in [0.29, 0.717) is 0 Å². The molecule has 2 saturated carbocycles. The van der Waals surface area contributed by atoms with Gasteiger partial charge in [-0.3, -0.25) is 0 Å². The van der Waals surface area contributed by atoms with Crippen molar-refractivity contribution in [3.8, 4) is 0 Å². The highest BCUT2D eigenvalue weighted by Gasteiger charge is 2.31. The Morgan fingerprint density at radius 3 is 1.23 bits per heavy atom. The van der Waals surface area contributed by atoms with Crippen molar-refractivity contribution in [2.45, 2.75) is 154 Å². The Morgan fingerprint density at radius 1 is 0.489 bits per heavy atom. The average Bonchev–Trinajstić information content (AvgIpc) is 3.14. The summed E-state index contributed by atoms with van der Waals surface area (Å²) in [6, 6.07) is 19.3. The van der Waals surface area contributed by atoms with Crippen LogP contribution in [0.1, 0.15) is 164 Å². The van der Waals surface area contributed by atoms with Gasteiger partial charge in [0.2, 0.25) is 0 Å². The fraction of sp³-hybridized carbons (Fsp3) is 0.652. The lowest BCUT2D eigenvalue weighted by atomic mass is 9.70. The molecule has 4 aliphatic rings. The minimum atomic E-state index is 0.789. The molecule has 47 heavy (non-hydrogen) atoms. The molecule has 0 radical (unpaired) electrons. The molecule has 1 heteroatoms. The van der Waals surface area contributed by atoms with Crippen LogP contribution in [0.2, 0.25) is 0 Å². The number of rotatable bonds is 14. The zero-order valence-electron chi connectivity index (χ0n) is 30.2. The fourth-order valence-electron chi connectivity index (χ4n) is 9.77. The predicted octanol–water partition coefficient (Wildman–Crippen LogP) is 13.1. The summed E-state index contributed by atoms with van der Waals surface area (Å²) in [4.78, 5) is 0. The molecule has 2 fully saturated rings. The lowest BCUT2D eigenvalue weighted by Crippen LogP contribution is -2.23. The van der Waals surface area contributed by atoms with Crippen molar-refractivity contribution in [1.29, 1.82) is 0 Å². The van der Waals surface area contributed by atoms with Crippen LogP contribution < -0.4 is 0 Å². The van der Waals surface area contributed by atoms with Gasteiger partial charge in [-0.1, -0.05) is 87.4 Å². The molecular weight excluding hydrogens is 569 g/mol. The van der Waals surface area contributed by atoms with E-state index in [1.807, 2.05) is 0 Å². The molecule has 4 aliphatic carbocycles. The second kappa shape index (κ2) is 18.0. The summed E-state index contributed by atoms with van der Waals surface area (Å²) in [5.41, 5.74) is 9.37. The van der Waals surface area contributed by atoms with E-state index in [2.05, 4.69) is 74.5 Å². The van der Waals surface area contributed by atoms with E-state index in [9.17, 15) is 0 Å². The van der Waals surface area contributed by atoms with Gasteiger partial charge < -0.3 is 4.74 Å². The van der Waals surface area contributed by atoms with E-state index in [1.54, 1.807) is 22.3 Å². The van der Waals surface area contributed by atoms with Crippen molar-refractivity contribution in [2.75, 3.05) is 13.2 Å². The molecule has 0 bridgehead atoms. The third-order valence-corrected chi connectivity index (χ3v) is 13.1. The van der Waals surface area contributed by atoms with Gasteiger partial charge in [-0.05, 0) is 184 Å². The van der Waals surface area contributed by atoms with Crippen LogP contribution in [0.3, 0.4) is 0 Å². The SMILES string of the molecule is CCCCc1ccc(C2CCC(C3CC=C(COCC4=CCC(C5CCC(c6ccc(CCCC)cc6)CC5)CC4)CC3)CC2)cc1. The molecule has 0 heterocycles. The Morgan fingerprint density at radius 2 is 0.894 bits per heavy atom. The quantitative estimate of drug-likeness (QED) is 0.188. The van der Waals surface area contributed by atoms with Crippen molar-refractivity contribution < 1.29 is 4.74 Å². The molecule has 0 N–H and O–H groups in total. The first-order valence-corrected chi connectivity index (χ1v) is 20.3. The molecule has 2 aromatic carbocycles. The number of hydrogen-bond donors (Lipinski definition) is 0. The van der Waals surface area contributed by atoms with Crippen molar-refractivity contribution in [3.05, 3.63) is 94.1 Å². The smallest absolute Gasteiger partial charge is 0.0681 e. The van der Waals surface area contributed by atoms with Crippen LogP contribution in [0.5, 0.6) is 0 Å². The highest BCUT2D eigenvalue weighted by molar-refractivity contribution is 5.27. The van der Waals surface area contributed by atoms with E-state index in [4.69, 9.17) is 4.74 Å². The molecule has 256 valence electrons. The van der Waals surface area contributed by atoms with E-state index in [-0.39, 0.29) is 0 Å². The minimum Gasteiger partial charge on any atom is -0.373 e. The van der Waals surface area contributed by atoms with Gasteiger partial charge in [0.1, 0.15) is 0 Å². The fourth-order valence-corrected chi connectivity index (χ4v) is 9.77. The highest BCUT2D eigenvalue weighted by Crippen LogP contribution is 2.44. The van der Waals surface area contributed by atoms with Gasteiger partial charge >= 0.3 is 0 Å². The van der Waals surface area contributed by atoms with E-state index in [1.165, 1.54) is 140 Å². The zero-order valence-corrected chi connectivity index (χ0v) is 30.2. The lowest BCUT2D eigenvalue weighted by Gasteiger charge is -2.36. The van der Waals surface area contributed by atoms with Crippen LogP contribution in [0, 0.1) is 23.7 Å². The monoisotopic (exact) mass is 635 g/mol. The maximum absolute atomic E-state index is 6.32. The van der Waals surface area contributed by atoms with Gasteiger partial charge in [0.05, 0.1) is 13.2 Å². The second-order valence-corrected chi connectivity index (χ2v) is 16.2. The summed E-state index contributed by atoms with van der Waals surface area (Å²) < 4.78 is 6.32. The zero-order chi connectivity index (χ0) is 32.3. The van der Waals surface area contributed by atoms with Gasteiger partial charge in [-0.25, -0.2) is 0 Å². The number of aryl methyl sites for hydroxylation is 2. The Kier molecular flexibility index (Phi) is 13.3. The van der Waals surface area contributed by atoms with Crippen molar-refractivity contribution in [2.24, 2.45) is 23.7 Å². The molecule has 6 rings (SSSR count). The second-order valence-electron chi connectivity index (χ2n) is 16.2. The van der Waals surface area contributed by atoms with Gasteiger partial charge in [-0.2, -0.15) is 0 Å². The summed E-state index contributed by atoms with van der Waals surface area (Å²) in [6.07, 6.45) is 31.9. The minimum absolute atomic E-state index is 0.789. The maximum Gasteiger partial charge on any atom is 0.0681 e. The van der Waals surface area contributed by atoms with Crippen LogP contribution in [0.4, 0.5) is 0 Å². The normalized spacial score (nSPS) is 28.5. The first-order chi connectivity index (χ1) is 23.2.